The van der Waals surface area contributed by atoms with E-state index in [2.05, 4.69) is 5.32 Å². The fourth-order valence-electron chi connectivity index (χ4n) is 3.46. The zero-order valence-electron chi connectivity index (χ0n) is 18.4. The highest BCUT2D eigenvalue weighted by Gasteiger charge is 2.30. The molecular weight excluding hydrogens is 454 g/mol. The first-order chi connectivity index (χ1) is 15.1. The summed E-state index contributed by atoms with van der Waals surface area (Å²) in [6.45, 7) is 3.94. The highest BCUT2D eigenvalue weighted by atomic mass is 32.2. The number of aromatic nitrogens is 1. The number of thiazole rings is 1. The number of carbonyl (C=O) groups is 1. The minimum atomic E-state index is -3.81. The van der Waals surface area contributed by atoms with Gasteiger partial charge in [0.15, 0.2) is 11.5 Å². The Labute approximate surface area is 190 Å². The Morgan fingerprint density at radius 2 is 1.84 bits per heavy atom. The van der Waals surface area contributed by atoms with Gasteiger partial charge in [0, 0.05) is 18.3 Å². The standard InChI is InChI=1S/C21H25N3O6S2/c1-6-23-16-9-7-14(11-19(16)31-21(23)26)22-20(25)13(2)24(32(5,27)28)15-8-10-17(29-3)18(12-15)30-4/h7-13H,6H2,1-5H3,(H,22,25)/t13-/m1/s1. The second-order valence-corrected chi connectivity index (χ2v) is 9.91. The summed E-state index contributed by atoms with van der Waals surface area (Å²) in [5, 5.41) is 2.75. The molecule has 2 aromatic carbocycles. The van der Waals surface area contributed by atoms with Gasteiger partial charge >= 0.3 is 4.87 Å². The molecule has 1 heterocycles. The van der Waals surface area contributed by atoms with Crippen LogP contribution in [-0.4, -0.2) is 45.4 Å². The Bertz CT molecular complexity index is 1310. The fraction of sp³-hybridized carbons (Fsp3) is 0.333. The summed E-state index contributed by atoms with van der Waals surface area (Å²) in [5.41, 5.74) is 1.53. The highest BCUT2D eigenvalue weighted by Crippen LogP contribution is 2.33. The van der Waals surface area contributed by atoms with Gasteiger partial charge in [-0.05, 0) is 44.2 Å². The number of benzene rings is 2. The Morgan fingerprint density at radius 1 is 1.16 bits per heavy atom. The molecule has 9 nitrogen and oxygen atoms in total. The summed E-state index contributed by atoms with van der Waals surface area (Å²) in [6.07, 6.45) is 1.03. The molecule has 0 aliphatic carbocycles. The number of nitrogens with zero attached hydrogens (tertiary/aromatic N) is 2. The van der Waals surface area contributed by atoms with E-state index >= 15 is 0 Å². The summed E-state index contributed by atoms with van der Waals surface area (Å²) in [7, 11) is -0.886. The third kappa shape index (κ3) is 4.58. The smallest absolute Gasteiger partial charge is 0.308 e. The van der Waals surface area contributed by atoms with Gasteiger partial charge in [-0.1, -0.05) is 11.3 Å². The monoisotopic (exact) mass is 479 g/mol. The molecule has 1 amide bonds. The van der Waals surface area contributed by atoms with E-state index in [0.717, 1.165) is 32.1 Å². The first-order valence-electron chi connectivity index (χ1n) is 9.76. The molecule has 3 aromatic rings. The van der Waals surface area contributed by atoms with Crippen LogP contribution in [-0.2, 0) is 21.4 Å². The number of hydrogen-bond donors (Lipinski definition) is 1. The molecule has 0 spiro atoms. The lowest BCUT2D eigenvalue weighted by molar-refractivity contribution is -0.116. The molecule has 0 saturated carbocycles. The van der Waals surface area contributed by atoms with Crippen LogP contribution in [0.2, 0.25) is 0 Å². The fourth-order valence-corrected chi connectivity index (χ4v) is 5.62. The number of hydrogen-bond acceptors (Lipinski definition) is 7. The molecule has 32 heavy (non-hydrogen) atoms. The molecule has 0 aliphatic heterocycles. The minimum absolute atomic E-state index is 0.0731. The first kappa shape index (κ1) is 23.6. The SMILES string of the molecule is CCn1c(=O)sc2cc(NC(=O)[C@@H](C)N(c3ccc(OC)c(OC)c3)S(C)(=O)=O)ccc21. The van der Waals surface area contributed by atoms with Crippen LogP contribution in [0.5, 0.6) is 11.5 Å². The van der Waals surface area contributed by atoms with Crippen molar-refractivity contribution in [2.45, 2.75) is 26.4 Å². The molecule has 1 N–H and O–H groups in total. The lowest BCUT2D eigenvalue weighted by Gasteiger charge is -2.28. The topological polar surface area (TPSA) is 107 Å². The molecule has 0 bridgehead atoms. The quantitative estimate of drug-likeness (QED) is 0.532. The molecule has 0 aliphatic rings. The molecule has 0 radical (unpaired) electrons. The first-order valence-corrected chi connectivity index (χ1v) is 12.4. The predicted octanol–water partition coefficient (Wildman–Crippen LogP) is 2.89. The second kappa shape index (κ2) is 9.21. The van der Waals surface area contributed by atoms with E-state index in [1.807, 2.05) is 6.92 Å². The third-order valence-corrected chi connectivity index (χ3v) is 7.15. The van der Waals surface area contributed by atoms with Gasteiger partial charge in [-0.3, -0.25) is 18.5 Å². The average Bonchev–Trinajstić information content (AvgIpc) is 3.06. The number of amides is 1. The largest absolute Gasteiger partial charge is 0.493 e. The van der Waals surface area contributed by atoms with E-state index < -0.39 is 22.0 Å². The maximum atomic E-state index is 13.0. The van der Waals surface area contributed by atoms with Crippen molar-refractivity contribution in [3.05, 3.63) is 46.1 Å². The molecule has 172 valence electrons. The second-order valence-electron chi connectivity index (χ2n) is 7.06. The number of ether oxygens (including phenoxy) is 2. The number of anilines is 2. The number of rotatable bonds is 8. The average molecular weight is 480 g/mol. The molecule has 3 rings (SSSR count). The van der Waals surface area contributed by atoms with Crippen molar-refractivity contribution >= 4 is 48.9 Å². The Morgan fingerprint density at radius 3 is 2.44 bits per heavy atom. The lowest BCUT2D eigenvalue weighted by Crippen LogP contribution is -2.45. The van der Waals surface area contributed by atoms with Gasteiger partial charge in [0.05, 0.1) is 36.4 Å². The van der Waals surface area contributed by atoms with Gasteiger partial charge < -0.3 is 14.8 Å². The number of fused-ring (bicyclic) bond motifs is 1. The van der Waals surface area contributed by atoms with Crippen molar-refractivity contribution < 1.29 is 22.7 Å². The van der Waals surface area contributed by atoms with Gasteiger partial charge in [0.2, 0.25) is 15.9 Å². The van der Waals surface area contributed by atoms with Gasteiger partial charge in [0.1, 0.15) is 6.04 Å². The van der Waals surface area contributed by atoms with Crippen molar-refractivity contribution in [2.75, 3.05) is 30.1 Å². The Hall–Kier alpha value is -3.05. The van der Waals surface area contributed by atoms with Crippen LogP contribution < -0.4 is 24.0 Å². The van der Waals surface area contributed by atoms with E-state index in [0.29, 0.717) is 23.7 Å². The van der Waals surface area contributed by atoms with E-state index in [4.69, 9.17) is 9.47 Å². The molecule has 0 fully saturated rings. The predicted molar refractivity (Wildman–Crippen MR) is 127 cm³/mol. The summed E-state index contributed by atoms with van der Waals surface area (Å²) in [4.78, 5) is 25.0. The Balaban J connectivity index is 1.92. The van der Waals surface area contributed by atoms with Crippen LogP contribution in [0.4, 0.5) is 11.4 Å². The maximum absolute atomic E-state index is 13.0. The van der Waals surface area contributed by atoms with E-state index in [1.54, 1.807) is 34.9 Å². The number of sulfonamides is 1. The number of nitrogens with one attached hydrogen (secondary N) is 1. The van der Waals surface area contributed by atoms with E-state index in [-0.39, 0.29) is 10.6 Å². The third-order valence-electron chi connectivity index (χ3n) is 4.96. The van der Waals surface area contributed by atoms with Crippen LogP contribution >= 0.6 is 11.3 Å². The van der Waals surface area contributed by atoms with Gasteiger partial charge in [0.25, 0.3) is 0 Å². The maximum Gasteiger partial charge on any atom is 0.308 e. The zero-order chi connectivity index (χ0) is 23.6. The molecule has 0 saturated heterocycles. The minimum Gasteiger partial charge on any atom is -0.493 e. The van der Waals surface area contributed by atoms with Crippen LogP contribution in [0.3, 0.4) is 0 Å². The lowest BCUT2D eigenvalue weighted by atomic mass is 10.2. The van der Waals surface area contributed by atoms with Crippen LogP contribution in [0.25, 0.3) is 10.2 Å². The van der Waals surface area contributed by atoms with Crippen molar-refractivity contribution in [3.8, 4) is 11.5 Å². The number of methoxy groups -OCH3 is 2. The van der Waals surface area contributed by atoms with Gasteiger partial charge in [-0.25, -0.2) is 8.42 Å². The zero-order valence-corrected chi connectivity index (χ0v) is 20.0. The van der Waals surface area contributed by atoms with Crippen LogP contribution in [0, 0.1) is 0 Å². The van der Waals surface area contributed by atoms with E-state index in [1.165, 1.54) is 27.2 Å². The summed E-state index contributed by atoms with van der Waals surface area (Å²) in [6, 6.07) is 8.72. The summed E-state index contributed by atoms with van der Waals surface area (Å²) < 4.78 is 39.0. The van der Waals surface area contributed by atoms with Gasteiger partial charge in [-0.2, -0.15) is 0 Å². The molecule has 1 aromatic heterocycles. The molecule has 0 unspecified atom stereocenters. The summed E-state index contributed by atoms with van der Waals surface area (Å²) in [5.74, 6) is 0.256. The van der Waals surface area contributed by atoms with Crippen LogP contribution in [0.1, 0.15) is 13.8 Å². The van der Waals surface area contributed by atoms with Crippen molar-refractivity contribution in [2.24, 2.45) is 0 Å². The highest BCUT2D eigenvalue weighted by molar-refractivity contribution is 7.92. The number of carbonyl (C=O) groups excluding carboxylic acids is 1. The number of aryl methyl sites for hydroxylation is 1. The van der Waals surface area contributed by atoms with Crippen molar-refractivity contribution in [1.82, 2.24) is 4.57 Å². The molecule has 11 heteroatoms. The molecule has 1 atom stereocenters. The normalized spacial score (nSPS) is 12.4. The van der Waals surface area contributed by atoms with E-state index in [9.17, 15) is 18.0 Å². The van der Waals surface area contributed by atoms with Crippen molar-refractivity contribution in [3.63, 3.8) is 0 Å². The van der Waals surface area contributed by atoms with Crippen LogP contribution in [0.15, 0.2) is 41.2 Å². The molecular formula is C21H25N3O6S2. The Kier molecular flexibility index (Phi) is 6.79. The van der Waals surface area contributed by atoms with Gasteiger partial charge in [-0.15, -0.1) is 0 Å². The van der Waals surface area contributed by atoms with Crippen molar-refractivity contribution in [1.29, 1.82) is 0 Å². The summed E-state index contributed by atoms with van der Waals surface area (Å²) >= 11 is 1.09.